The Hall–Kier alpha value is -2.30. The molecule has 0 saturated heterocycles. The normalized spacial score (nSPS) is 10.2. The van der Waals surface area contributed by atoms with Gasteiger partial charge in [0.2, 0.25) is 5.69 Å². The standard InChI is InChI=1S/C12H11NO4/c1-7-4-3-5-8(6-7)9-10(11(14)15)13-17-12(9)16-2/h3-6H,1-2H3,(H,14,15). The molecule has 0 aliphatic heterocycles. The zero-order valence-corrected chi connectivity index (χ0v) is 9.43. The molecule has 5 nitrogen and oxygen atoms in total. The summed E-state index contributed by atoms with van der Waals surface area (Å²) in [6.07, 6.45) is 0. The van der Waals surface area contributed by atoms with Crippen molar-refractivity contribution in [1.82, 2.24) is 5.16 Å². The van der Waals surface area contributed by atoms with Gasteiger partial charge in [0.05, 0.1) is 7.11 Å². The lowest BCUT2D eigenvalue weighted by Crippen LogP contribution is -1.99. The number of carboxylic acids is 1. The maximum atomic E-state index is 11.0. The van der Waals surface area contributed by atoms with Crippen molar-refractivity contribution in [2.75, 3.05) is 7.11 Å². The largest absolute Gasteiger partial charge is 0.476 e. The molecule has 0 bridgehead atoms. The molecule has 0 atom stereocenters. The van der Waals surface area contributed by atoms with Gasteiger partial charge in [-0.1, -0.05) is 35.0 Å². The summed E-state index contributed by atoms with van der Waals surface area (Å²) >= 11 is 0. The fraction of sp³-hybridized carbons (Fsp3) is 0.167. The molecule has 0 amide bonds. The molecule has 1 aromatic carbocycles. The summed E-state index contributed by atoms with van der Waals surface area (Å²) in [4.78, 5) is 11.0. The highest BCUT2D eigenvalue weighted by Gasteiger charge is 2.23. The van der Waals surface area contributed by atoms with Gasteiger partial charge in [-0.3, -0.25) is 0 Å². The highest BCUT2D eigenvalue weighted by atomic mass is 16.6. The van der Waals surface area contributed by atoms with Crippen LogP contribution in [0.15, 0.2) is 28.8 Å². The molecule has 1 heterocycles. The van der Waals surface area contributed by atoms with Gasteiger partial charge in [0, 0.05) is 0 Å². The molecule has 0 aliphatic rings. The summed E-state index contributed by atoms with van der Waals surface area (Å²) in [5, 5.41) is 12.5. The highest BCUT2D eigenvalue weighted by Crippen LogP contribution is 2.33. The summed E-state index contributed by atoms with van der Waals surface area (Å²) in [5.41, 5.74) is 1.94. The number of aromatic carboxylic acids is 1. The van der Waals surface area contributed by atoms with Crippen LogP contribution in [-0.2, 0) is 0 Å². The van der Waals surface area contributed by atoms with Crippen LogP contribution in [-0.4, -0.2) is 23.3 Å². The minimum Gasteiger partial charge on any atom is -0.476 e. The van der Waals surface area contributed by atoms with Crippen molar-refractivity contribution in [3.8, 4) is 17.1 Å². The van der Waals surface area contributed by atoms with E-state index in [1.54, 1.807) is 6.07 Å². The van der Waals surface area contributed by atoms with E-state index in [1.807, 2.05) is 25.1 Å². The number of hydrogen-bond acceptors (Lipinski definition) is 4. The summed E-state index contributed by atoms with van der Waals surface area (Å²) in [6.45, 7) is 1.92. The van der Waals surface area contributed by atoms with Gasteiger partial charge in [-0.15, -0.1) is 0 Å². The molecule has 0 fully saturated rings. The Morgan fingerprint density at radius 2 is 2.24 bits per heavy atom. The predicted octanol–water partition coefficient (Wildman–Crippen LogP) is 2.36. The van der Waals surface area contributed by atoms with E-state index in [4.69, 9.17) is 14.4 Å². The van der Waals surface area contributed by atoms with Gasteiger partial charge in [0.25, 0.3) is 0 Å². The number of hydrogen-bond donors (Lipinski definition) is 1. The summed E-state index contributed by atoms with van der Waals surface area (Å²) in [7, 11) is 1.41. The molecule has 5 heteroatoms. The second-order valence-electron chi connectivity index (χ2n) is 3.57. The number of nitrogens with zero attached hydrogens (tertiary/aromatic N) is 1. The third kappa shape index (κ3) is 1.99. The zero-order chi connectivity index (χ0) is 12.4. The second-order valence-corrected chi connectivity index (χ2v) is 3.57. The topological polar surface area (TPSA) is 72.6 Å². The monoisotopic (exact) mass is 233 g/mol. The Labute approximate surface area is 97.6 Å². The Morgan fingerprint density at radius 3 is 2.82 bits per heavy atom. The molecule has 0 radical (unpaired) electrons. The van der Waals surface area contributed by atoms with Crippen molar-refractivity contribution in [2.24, 2.45) is 0 Å². The van der Waals surface area contributed by atoms with Crippen LogP contribution in [0.4, 0.5) is 0 Å². The van der Waals surface area contributed by atoms with E-state index in [1.165, 1.54) is 7.11 Å². The van der Waals surface area contributed by atoms with E-state index in [-0.39, 0.29) is 11.6 Å². The van der Waals surface area contributed by atoms with E-state index in [2.05, 4.69) is 5.16 Å². The molecule has 1 N–H and O–H groups in total. The average molecular weight is 233 g/mol. The molecule has 0 spiro atoms. The van der Waals surface area contributed by atoms with Gasteiger partial charge in [-0.2, -0.15) is 0 Å². The van der Waals surface area contributed by atoms with Gasteiger partial charge in [-0.25, -0.2) is 4.79 Å². The molecule has 0 saturated carbocycles. The fourth-order valence-electron chi connectivity index (χ4n) is 1.62. The van der Waals surface area contributed by atoms with Crippen molar-refractivity contribution in [3.63, 3.8) is 0 Å². The first-order valence-electron chi connectivity index (χ1n) is 4.97. The lowest BCUT2D eigenvalue weighted by Gasteiger charge is -2.02. The third-order valence-corrected chi connectivity index (χ3v) is 2.36. The van der Waals surface area contributed by atoms with Crippen molar-refractivity contribution in [1.29, 1.82) is 0 Å². The first kappa shape index (κ1) is 11.2. The molecule has 2 aromatic rings. The first-order chi connectivity index (χ1) is 8.13. The Balaban J connectivity index is 2.64. The van der Waals surface area contributed by atoms with Crippen molar-refractivity contribution >= 4 is 5.97 Å². The van der Waals surface area contributed by atoms with E-state index in [9.17, 15) is 4.79 Å². The second kappa shape index (κ2) is 4.29. The van der Waals surface area contributed by atoms with Gasteiger partial charge in [0.15, 0.2) is 0 Å². The minimum atomic E-state index is -1.14. The van der Waals surface area contributed by atoms with Gasteiger partial charge < -0.3 is 14.4 Å². The van der Waals surface area contributed by atoms with Crippen LogP contribution in [0.3, 0.4) is 0 Å². The minimum absolute atomic E-state index is 0.105. The number of methoxy groups -OCH3 is 1. The number of carbonyl (C=O) groups is 1. The lowest BCUT2D eigenvalue weighted by molar-refractivity contribution is 0.0686. The quantitative estimate of drug-likeness (QED) is 0.880. The Bertz CT molecular complexity index is 559. The van der Waals surface area contributed by atoms with Crippen LogP contribution in [0.1, 0.15) is 16.1 Å². The van der Waals surface area contributed by atoms with Crippen molar-refractivity contribution in [2.45, 2.75) is 6.92 Å². The lowest BCUT2D eigenvalue weighted by atomic mass is 10.0. The number of rotatable bonds is 3. The van der Waals surface area contributed by atoms with E-state index >= 15 is 0 Å². The number of aryl methyl sites for hydroxylation is 1. The average Bonchev–Trinajstić information content (AvgIpc) is 2.72. The van der Waals surface area contributed by atoms with Gasteiger partial charge in [-0.05, 0) is 12.5 Å². The van der Waals surface area contributed by atoms with Crippen LogP contribution in [0.2, 0.25) is 0 Å². The van der Waals surface area contributed by atoms with Crippen molar-refractivity contribution < 1.29 is 19.2 Å². The number of carboxylic acid groups (broad SMARTS) is 1. The van der Waals surface area contributed by atoms with Crippen molar-refractivity contribution in [3.05, 3.63) is 35.5 Å². The first-order valence-corrected chi connectivity index (χ1v) is 4.97. The summed E-state index contributed by atoms with van der Waals surface area (Å²) < 4.78 is 9.83. The van der Waals surface area contributed by atoms with Crippen LogP contribution in [0.5, 0.6) is 5.95 Å². The fourth-order valence-corrected chi connectivity index (χ4v) is 1.62. The molecule has 0 unspecified atom stereocenters. The zero-order valence-electron chi connectivity index (χ0n) is 9.43. The van der Waals surface area contributed by atoms with Crippen LogP contribution in [0, 0.1) is 6.92 Å². The molecule has 88 valence electrons. The summed E-state index contributed by atoms with van der Waals surface area (Å²) in [5.74, 6) is -1.04. The molecular weight excluding hydrogens is 222 g/mol. The van der Waals surface area contributed by atoms with Crippen LogP contribution in [0.25, 0.3) is 11.1 Å². The molecular formula is C12H11NO4. The molecule has 1 aromatic heterocycles. The number of benzene rings is 1. The SMILES string of the molecule is COc1onc(C(=O)O)c1-c1cccc(C)c1. The number of ether oxygens (including phenoxy) is 1. The van der Waals surface area contributed by atoms with Crippen LogP contribution < -0.4 is 4.74 Å². The van der Waals surface area contributed by atoms with E-state index < -0.39 is 5.97 Å². The summed E-state index contributed by atoms with van der Waals surface area (Å²) in [6, 6.07) is 7.39. The molecule has 0 aliphatic carbocycles. The number of aromatic nitrogens is 1. The highest BCUT2D eigenvalue weighted by molar-refractivity contribution is 5.95. The maximum Gasteiger partial charge on any atom is 0.358 e. The molecule has 2 rings (SSSR count). The van der Waals surface area contributed by atoms with E-state index in [0.29, 0.717) is 11.1 Å². The smallest absolute Gasteiger partial charge is 0.358 e. The van der Waals surface area contributed by atoms with E-state index in [0.717, 1.165) is 5.56 Å². The third-order valence-electron chi connectivity index (χ3n) is 2.36. The van der Waals surface area contributed by atoms with Gasteiger partial charge >= 0.3 is 11.9 Å². The van der Waals surface area contributed by atoms with Gasteiger partial charge in [0.1, 0.15) is 5.56 Å². The predicted molar refractivity (Wildman–Crippen MR) is 60.2 cm³/mol. The Morgan fingerprint density at radius 1 is 1.47 bits per heavy atom. The maximum absolute atomic E-state index is 11.0. The van der Waals surface area contributed by atoms with Crippen LogP contribution >= 0.6 is 0 Å². The Kier molecular flexibility index (Phi) is 2.82. The molecule has 17 heavy (non-hydrogen) atoms.